The third kappa shape index (κ3) is 5.12. The van der Waals surface area contributed by atoms with Crippen LogP contribution in [0.3, 0.4) is 0 Å². The lowest BCUT2D eigenvalue weighted by Gasteiger charge is -2.31. The van der Waals surface area contributed by atoms with Gasteiger partial charge in [-0.1, -0.05) is 17.7 Å². The first-order valence-corrected chi connectivity index (χ1v) is 11.4. The Hall–Kier alpha value is -1.92. The van der Waals surface area contributed by atoms with Gasteiger partial charge in [0, 0.05) is 41.5 Å². The van der Waals surface area contributed by atoms with Crippen LogP contribution in [0.4, 0.5) is 0 Å². The van der Waals surface area contributed by atoms with Gasteiger partial charge >= 0.3 is 0 Å². The lowest BCUT2D eigenvalue weighted by atomic mass is 9.91. The predicted octanol–water partition coefficient (Wildman–Crippen LogP) is 5.19. The molecule has 0 spiro atoms. The molecule has 3 aromatic rings. The average Bonchev–Trinajstić information content (AvgIpc) is 3.56. The Morgan fingerprint density at radius 2 is 1.90 bits per heavy atom. The Morgan fingerprint density at radius 3 is 2.61 bits per heavy atom. The average molecular weight is 442 g/mol. The summed E-state index contributed by atoms with van der Waals surface area (Å²) in [5.74, 6) is 1.63. The van der Waals surface area contributed by atoms with Crippen molar-refractivity contribution < 1.29 is 9.47 Å². The second kappa shape index (κ2) is 9.70. The zero-order valence-electron chi connectivity index (χ0n) is 18.6. The van der Waals surface area contributed by atoms with Gasteiger partial charge in [-0.05, 0) is 74.5 Å². The largest absolute Gasteiger partial charge is 0.497 e. The number of rotatable bonds is 10. The Balaban J connectivity index is 1.86. The number of pyridine rings is 1. The summed E-state index contributed by atoms with van der Waals surface area (Å²) < 4.78 is 10.8. The van der Waals surface area contributed by atoms with Crippen LogP contribution in [0.25, 0.3) is 21.8 Å². The highest BCUT2D eigenvalue weighted by Crippen LogP contribution is 2.40. The van der Waals surface area contributed by atoms with Crippen LogP contribution in [0.1, 0.15) is 37.3 Å². The van der Waals surface area contributed by atoms with Crippen LogP contribution in [0.5, 0.6) is 5.75 Å². The SMILES string of the molecule is COCC(N)CCC(c1c2ccc(Cl)cc2nc2ccc(OC)cc12)N(C)CC1CC1. The molecule has 2 atom stereocenters. The molecule has 1 aromatic heterocycles. The summed E-state index contributed by atoms with van der Waals surface area (Å²) in [7, 11) is 5.64. The summed E-state index contributed by atoms with van der Waals surface area (Å²) in [6.07, 6.45) is 4.47. The molecule has 5 nitrogen and oxygen atoms in total. The summed E-state index contributed by atoms with van der Waals surface area (Å²) >= 11 is 6.33. The standard InChI is InChI=1S/C25H32ClN3O2/c1-29(14-16-4-5-16)24(11-7-18(27)15-30-2)25-20-9-6-17(26)12-23(20)28-22-10-8-19(31-3)13-21(22)25/h6,8-10,12-13,16,18,24H,4-5,7,11,14-15,27H2,1-3H3. The number of ether oxygens (including phenoxy) is 2. The number of hydrogen-bond acceptors (Lipinski definition) is 5. The van der Waals surface area contributed by atoms with Crippen LogP contribution in [0.2, 0.25) is 5.02 Å². The van der Waals surface area contributed by atoms with E-state index in [0.29, 0.717) is 11.6 Å². The van der Waals surface area contributed by atoms with E-state index >= 15 is 0 Å². The minimum Gasteiger partial charge on any atom is -0.497 e. The van der Waals surface area contributed by atoms with Crippen molar-refractivity contribution in [2.45, 2.75) is 37.8 Å². The molecule has 0 saturated heterocycles. The molecule has 2 N–H and O–H groups in total. The maximum Gasteiger partial charge on any atom is 0.119 e. The van der Waals surface area contributed by atoms with E-state index in [-0.39, 0.29) is 12.1 Å². The van der Waals surface area contributed by atoms with Crippen molar-refractivity contribution in [3.05, 3.63) is 47.0 Å². The molecule has 1 saturated carbocycles. The van der Waals surface area contributed by atoms with Crippen LogP contribution in [-0.2, 0) is 4.74 Å². The van der Waals surface area contributed by atoms with Gasteiger partial charge < -0.3 is 15.2 Å². The van der Waals surface area contributed by atoms with Crippen molar-refractivity contribution >= 4 is 33.4 Å². The van der Waals surface area contributed by atoms with Crippen LogP contribution >= 0.6 is 11.6 Å². The molecule has 0 amide bonds. The van der Waals surface area contributed by atoms with E-state index < -0.39 is 0 Å². The Bertz CT molecular complexity index is 1050. The number of nitrogens with two attached hydrogens (primary N) is 1. The van der Waals surface area contributed by atoms with Crippen molar-refractivity contribution in [2.75, 3.05) is 34.4 Å². The molecule has 0 bridgehead atoms. The number of fused-ring (bicyclic) bond motifs is 2. The lowest BCUT2D eigenvalue weighted by Crippen LogP contribution is -2.31. The highest BCUT2D eigenvalue weighted by Gasteiger charge is 2.29. The first kappa shape index (κ1) is 22.3. The molecule has 6 heteroatoms. The summed E-state index contributed by atoms with van der Waals surface area (Å²) in [5, 5.41) is 2.96. The maximum absolute atomic E-state index is 6.33. The van der Waals surface area contributed by atoms with Crippen molar-refractivity contribution in [3.63, 3.8) is 0 Å². The topological polar surface area (TPSA) is 60.6 Å². The van der Waals surface area contributed by atoms with Crippen molar-refractivity contribution in [1.29, 1.82) is 0 Å². The first-order chi connectivity index (χ1) is 15.0. The summed E-state index contributed by atoms with van der Waals surface area (Å²) in [6, 6.07) is 12.4. The monoisotopic (exact) mass is 441 g/mol. The number of hydrogen-bond donors (Lipinski definition) is 1. The summed E-state index contributed by atoms with van der Waals surface area (Å²) in [4.78, 5) is 7.41. The number of aromatic nitrogens is 1. The second-order valence-corrected chi connectivity index (χ2v) is 9.20. The van der Waals surface area contributed by atoms with Crippen LogP contribution < -0.4 is 10.5 Å². The Labute approximate surface area is 189 Å². The zero-order chi connectivity index (χ0) is 22.0. The van der Waals surface area contributed by atoms with E-state index in [1.807, 2.05) is 24.3 Å². The predicted molar refractivity (Wildman–Crippen MR) is 128 cm³/mol. The molecule has 2 aromatic carbocycles. The van der Waals surface area contributed by atoms with Gasteiger partial charge in [-0.2, -0.15) is 0 Å². The highest BCUT2D eigenvalue weighted by atomic mass is 35.5. The molecular weight excluding hydrogens is 410 g/mol. The van der Waals surface area contributed by atoms with Gasteiger partial charge in [-0.3, -0.25) is 4.90 Å². The minimum atomic E-state index is 0.0187. The molecule has 0 radical (unpaired) electrons. The first-order valence-electron chi connectivity index (χ1n) is 11.0. The molecule has 0 aliphatic heterocycles. The number of methoxy groups -OCH3 is 2. The van der Waals surface area contributed by atoms with Gasteiger partial charge in [0.15, 0.2) is 0 Å². The van der Waals surface area contributed by atoms with Gasteiger partial charge in [-0.25, -0.2) is 4.98 Å². The van der Waals surface area contributed by atoms with Gasteiger partial charge in [0.05, 0.1) is 24.8 Å². The number of benzene rings is 2. The summed E-state index contributed by atoms with van der Waals surface area (Å²) in [5.41, 5.74) is 9.48. The Morgan fingerprint density at radius 1 is 1.10 bits per heavy atom. The zero-order valence-corrected chi connectivity index (χ0v) is 19.4. The highest BCUT2D eigenvalue weighted by molar-refractivity contribution is 6.31. The third-order valence-corrected chi connectivity index (χ3v) is 6.52. The van der Waals surface area contributed by atoms with Gasteiger partial charge in [0.1, 0.15) is 5.75 Å². The molecule has 2 unspecified atom stereocenters. The van der Waals surface area contributed by atoms with Gasteiger partial charge in [0.2, 0.25) is 0 Å². The van der Waals surface area contributed by atoms with E-state index in [9.17, 15) is 0 Å². The normalized spacial score (nSPS) is 16.2. The van der Waals surface area contributed by atoms with Crippen molar-refractivity contribution in [3.8, 4) is 5.75 Å². The molecule has 166 valence electrons. The summed E-state index contributed by atoms with van der Waals surface area (Å²) in [6.45, 7) is 1.66. The van der Waals surface area contributed by atoms with E-state index in [1.165, 1.54) is 18.4 Å². The molecule has 1 aliphatic carbocycles. The molecule has 1 fully saturated rings. The third-order valence-electron chi connectivity index (χ3n) is 6.28. The Kier molecular flexibility index (Phi) is 6.97. The van der Waals surface area contributed by atoms with Crippen LogP contribution in [0, 0.1) is 5.92 Å². The molecular formula is C25H32ClN3O2. The van der Waals surface area contributed by atoms with Crippen molar-refractivity contribution in [1.82, 2.24) is 9.88 Å². The van der Waals surface area contributed by atoms with Crippen molar-refractivity contribution in [2.24, 2.45) is 11.7 Å². The van der Waals surface area contributed by atoms with Gasteiger partial charge in [-0.15, -0.1) is 0 Å². The molecule has 31 heavy (non-hydrogen) atoms. The van der Waals surface area contributed by atoms with Crippen LogP contribution in [-0.4, -0.2) is 50.3 Å². The van der Waals surface area contributed by atoms with E-state index in [0.717, 1.165) is 52.9 Å². The quantitative estimate of drug-likeness (QED) is 0.439. The molecule has 1 aliphatic rings. The van der Waals surface area contributed by atoms with Gasteiger partial charge in [0.25, 0.3) is 0 Å². The van der Waals surface area contributed by atoms with Crippen LogP contribution in [0.15, 0.2) is 36.4 Å². The second-order valence-electron chi connectivity index (χ2n) is 8.76. The fourth-order valence-corrected chi connectivity index (χ4v) is 4.67. The minimum absolute atomic E-state index is 0.0187. The number of nitrogens with zero attached hydrogens (tertiary/aromatic N) is 2. The van der Waals surface area contributed by atoms with E-state index in [1.54, 1.807) is 14.2 Å². The lowest BCUT2D eigenvalue weighted by molar-refractivity contribution is 0.165. The number of halogens is 1. The fraction of sp³-hybridized carbons (Fsp3) is 0.480. The molecule has 1 heterocycles. The fourth-order valence-electron chi connectivity index (χ4n) is 4.50. The molecule has 4 rings (SSSR count). The van der Waals surface area contributed by atoms with E-state index in [4.69, 9.17) is 31.8 Å². The maximum atomic E-state index is 6.33. The van der Waals surface area contributed by atoms with E-state index in [2.05, 4.69) is 24.1 Å². The smallest absolute Gasteiger partial charge is 0.119 e.